The summed E-state index contributed by atoms with van der Waals surface area (Å²) in [6.07, 6.45) is 0. The summed E-state index contributed by atoms with van der Waals surface area (Å²) >= 11 is 7.29. The lowest BCUT2D eigenvalue weighted by atomic mass is 10.1. The molecule has 2 aromatic carbocycles. The van der Waals surface area contributed by atoms with E-state index >= 15 is 0 Å². The molecular weight excluding hydrogens is 410 g/mol. The third-order valence-electron chi connectivity index (χ3n) is 4.42. The van der Waals surface area contributed by atoms with Gasteiger partial charge in [-0.3, -0.25) is 4.79 Å². The number of Topliss-reactive ketones (excluding diaryl/α,β-unsaturated/α-hetero) is 1. The number of hydrogen-bond donors (Lipinski definition) is 1. The van der Waals surface area contributed by atoms with Crippen LogP contribution in [-0.2, 0) is 6.61 Å². The molecule has 0 aliphatic carbocycles. The second-order valence-electron chi connectivity index (χ2n) is 6.48. The second kappa shape index (κ2) is 8.31. The van der Waals surface area contributed by atoms with Crippen molar-refractivity contribution in [2.75, 3.05) is 0 Å². The lowest BCUT2D eigenvalue weighted by Crippen LogP contribution is -2.14. The summed E-state index contributed by atoms with van der Waals surface area (Å²) in [6, 6.07) is 14.9. The number of para-hydroxylation sites is 2. The number of nitrogens with zero attached hydrogens (tertiary/aromatic N) is 2. The number of carbonyl (C=O) groups excluding carboxylic acids is 1. The minimum absolute atomic E-state index is 0.0111. The van der Waals surface area contributed by atoms with E-state index in [1.54, 1.807) is 12.1 Å². The van der Waals surface area contributed by atoms with Gasteiger partial charge in [-0.1, -0.05) is 53.7 Å². The number of rotatable bonds is 7. The monoisotopic (exact) mass is 427 g/mol. The molecule has 2 aromatic heterocycles. The number of thioether (sulfide) groups is 1. The highest BCUT2D eigenvalue weighted by atomic mass is 35.5. The van der Waals surface area contributed by atoms with Crippen LogP contribution >= 0.6 is 23.4 Å². The maximum absolute atomic E-state index is 13.0. The van der Waals surface area contributed by atoms with E-state index in [9.17, 15) is 4.79 Å². The first-order valence-corrected chi connectivity index (χ1v) is 10.3. The zero-order chi connectivity index (χ0) is 20.4. The van der Waals surface area contributed by atoms with Crippen molar-refractivity contribution >= 4 is 40.0 Å². The molecule has 0 aliphatic rings. The highest BCUT2D eigenvalue weighted by Crippen LogP contribution is 2.30. The molecule has 6 nitrogen and oxygen atoms in total. The second-order valence-corrected chi connectivity index (χ2v) is 8.17. The fourth-order valence-electron chi connectivity index (χ4n) is 3.05. The van der Waals surface area contributed by atoms with Crippen LogP contribution in [0.5, 0.6) is 5.75 Å². The van der Waals surface area contributed by atoms with Crippen LogP contribution in [0.15, 0.2) is 58.2 Å². The predicted octanol–water partition coefficient (Wildman–Crippen LogP) is 5.46. The SMILES string of the molecule is Cc1[nH]c2ccccc2c1C(=O)C(C)Sc1nnc(COc2ccccc2Cl)o1. The lowest BCUT2D eigenvalue weighted by Gasteiger charge is -2.08. The van der Waals surface area contributed by atoms with Crippen molar-refractivity contribution in [3.05, 3.63) is 70.7 Å². The molecule has 0 saturated heterocycles. The largest absolute Gasteiger partial charge is 0.482 e. The lowest BCUT2D eigenvalue weighted by molar-refractivity contribution is 0.0994. The molecule has 1 N–H and O–H groups in total. The number of aryl methyl sites for hydroxylation is 1. The van der Waals surface area contributed by atoms with E-state index in [4.69, 9.17) is 20.8 Å². The Kier molecular flexibility index (Phi) is 5.60. The van der Waals surface area contributed by atoms with Crippen LogP contribution in [0.25, 0.3) is 10.9 Å². The molecule has 4 rings (SSSR count). The third kappa shape index (κ3) is 4.16. The average molecular weight is 428 g/mol. The molecule has 148 valence electrons. The summed E-state index contributed by atoms with van der Waals surface area (Å²) < 4.78 is 11.2. The maximum atomic E-state index is 13.0. The van der Waals surface area contributed by atoms with Gasteiger partial charge in [0.25, 0.3) is 11.1 Å². The zero-order valence-electron chi connectivity index (χ0n) is 15.8. The average Bonchev–Trinajstić information content (AvgIpc) is 3.29. The highest BCUT2D eigenvalue weighted by molar-refractivity contribution is 8.00. The van der Waals surface area contributed by atoms with Crippen LogP contribution < -0.4 is 4.74 Å². The summed E-state index contributed by atoms with van der Waals surface area (Å²) in [5, 5.41) is 9.36. The Hall–Kier alpha value is -2.77. The van der Waals surface area contributed by atoms with Crippen LogP contribution in [0.2, 0.25) is 5.02 Å². The Morgan fingerprint density at radius 3 is 2.79 bits per heavy atom. The van der Waals surface area contributed by atoms with Crippen LogP contribution in [0, 0.1) is 6.92 Å². The van der Waals surface area contributed by atoms with Gasteiger partial charge in [-0.15, -0.1) is 10.2 Å². The number of nitrogens with one attached hydrogen (secondary N) is 1. The van der Waals surface area contributed by atoms with Crippen molar-refractivity contribution in [3.63, 3.8) is 0 Å². The number of carbonyl (C=O) groups is 1. The Morgan fingerprint density at radius 1 is 1.21 bits per heavy atom. The van der Waals surface area contributed by atoms with Gasteiger partial charge in [0, 0.05) is 22.2 Å². The minimum Gasteiger partial charge on any atom is -0.482 e. The van der Waals surface area contributed by atoms with Gasteiger partial charge in [0.2, 0.25) is 0 Å². The predicted molar refractivity (Wildman–Crippen MR) is 113 cm³/mol. The molecule has 2 heterocycles. The van der Waals surface area contributed by atoms with E-state index < -0.39 is 0 Å². The molecule has 4 aromatic rings. The maximum Gasteiger partial charge on any atom is 0.277 e. The van der Waals surface area contributed by atoms with E-state index in [-0.39, 0.29) is 17.6 Å². The molecule has 0 saturated carbocycles. The van der Waals surface area contributed by atoms with E-state index in [1.807, 2.05) is 50.2 Å². The number of hydrogen-bond acceptors (Lipinski definition) is 6. The van der Waals surface area contributed by atoms with Crippen molar-refractivity contribution in [2.45, 2.75) is 30.9 Å². The Labute approximate surface area is 176 Å². The normalized spacial score (nSPS) is 12.2. The molecular formula is C21H18ClN3O3S. The van der Waals surface area contributed by atoms with Gasteiger partial charge in [-0.25, -0.2) is 0 Å². The molecule has 0 bridgehead atoms. The van der Waals surface area contributed by atoms with Gasteiger partial charge in [0.15, 0.2) is 12.4 Å². The number of halogens is 1. The number of fused-ring (bicyclic) bond motifs is 1. The molecule has 1 unspecified atom stereocenters. The van der Waals surface area contributed by atoms with Crippen molar-refractivity contribution in [1.82, 2.24) is 15.2 Å². The van der Waals surface area contributed by atoms with E-state index in [0.717, 1.165) is 16.6 Å². The van der Waals surface area contributed by atoms with Crippen LogP contribution in [0.1, 0.15) is 28.9 Å². The van der Waals surface area contributed by atoms with Crippen molar-refractivity contribution < 1.29 is 13.9 Å². The smallest absolute Gasteiger partial charge is 0.277 e. The molecule has 0 spiro atoms. The standard InChI is InChI=1S/C21H18ClN3O3S/c1-12-19(14-7-3-5-9-16(14)23-12)20(26)13(2)29-21-25-24-18(28-21)11-27-17-10-6-4-8-15(17)22/h3-10,13,23H,11H2,1-2H3. The first kappa shape index (κ1) is 19.5. The molecule has 29 heavy (non-hydrogen) atoms. The fourth-order valence-corrected chi connectivity index (χ4v) is 4.00. The van der Waals surface area contributed by atoms with Gasteiger partial charge >= 0.3 is 0 Å². The summed E-state index contributed by atoms with van der Waals surface area (Å²) in [6.45, 7) is 3.83. The Balaban J connectivity index is 1.43. The van der Waals surface area contributed by atoms with E-state index in [1.165, 1.54) is 11.8 Å². The first-order chi connectivity index (χ1) is 14.0. The van der Waals surface area contributed by atoms with Gasteiger partial charge in [-0.2, -0.15) is 0 Å². The minimum atomic E-state index is -0.384. The Morgan fingerprint density at radius 2 is 1.97 bits per heavy atom. The quantitative estimate of drug-likeness (QED) is 0.312. The van der Waals surface area contributed by atoms with Gasteiger partial charge < -0.3 is 14.1 Å². The van der Waals surface area contributed by atoms with Crippen molar-refractivity contribution in [1.29, 1.82) is 0 Å². The number of aromatic nitrogens is 3. The summed E-state index contributed by atoms with van der Waals surface area (Å²) in [7, 11) is 0. The van der Waals surface area contributed by atoms with E-state index in [2.05, 4.69) is 15.2 Å². The van der Waals surface area contributed by atoms with Gasteiger partial charge in [0.1, 0.15) is 5.75 Å². The highest BCUT2D eigenvalue weighted by Gasteiger charge is 2.24. The van der Waals surface area contributed by atoms with Gasteiger partial charge in [0.05, 0.1) is 10.3 Å². The molecule has 0 fully saturated rings. The van der Waals surface area contributed by atoms with Crippen LogP contribution in [0.3, 0.4) is 0 Å². The van der Waals surface area contributed by atoms with Crippen molar-refractivity contribution in [2.24, 2.45) is 0 Å². The van der Waals surface area contributed by atoms with E-state index in [0.29, 0.717) is 27.4 Å². The summed E-state index contributed by atoms with van der Waals surface area (Å²) in [5.74, 6) is 0.868. The molecule has 0 amide bonds. The number of ketones is 1. The fraction of sp³-hybridized carbons (Fsp3) is 0.190. The first-order valence-electron chi connectivity index (χ1n) is 9.01. The van der Waals surface area contributed by atoms with Crippen LogP contribution in [-0.4, -0.2) is 26.2 Å². The van der Waals surface area contributed by atoms with Crippen LogP contribution in [0.4, 0.5) is 0 Å². The molecule has 0 radical (unpaired) electrons. The Bertz CT molecular complexity index is 1170. The summed E-state index contributed by atoms with van der Waals surface area (Å²) in [5.41, 5.74) is 2.49. The topological polar surface area (TPSA) is 81.0 Å². The number of H-pyrrole nitrogens is 1. The molecule has 1 atom stereocenters. The van der Waals surface area contributed by atoms with Crippen molar-refractivity contribution in [3.8, 4) is 5.75 Å². The third-order valence-corrected chi connectivity index (χ3v) is 5.67. The summed E-state index contributed by atoms with van der Waals surface area (Å²) in [4.78, 5) is 16.3. The van der Waals surface area contributed by atoms with Gasteiger partial charge in [-0.05, 0) is 32.0 Å². The number of benzene rings is 2. The number of aromatic amines is 1. The molecule has 8 heteroatoms. The number of ether oxygens (including phenoxy) is 1. The molecule has 0 aliphatic heterocycles. The zero-order valence-corrected chi connectivity index (χ0v) is 17.4.